The number of carbonyl (C=O) groups is 1. The Morgan fingerprint density at radius 3 is 2.90 bits per heavy atom. The largest absolute Gasteiger partial charge is 0.481 e. The van der Waals surface area contributed by atoms with E-state index in [4.69, 9.17) is 5.11 Å². The predicted molar refractivity (Wildman–Crippen MR) is 76.7 cm³/mol. The highest BCUT2D eigenvalue weighted by Gasteiger charge is 2.36. The number of H-pyrrole nitrogens is 1. The molecule has 0 amide bonds. The number of carboxylic acid groups (broad SMARTS) is 1. The van der Waals surface area contributed by atoms with Crippen LogP contribution in [0.3, 0.4) is 0 Å². The molecule has 4 nitrogen and oxygen atoms in total. The van der Waals surface area contributed by atoms with E-state index in [2.05, 4.69) is 22.1 Å². The van der Waals surface area contributed by atoms with Crippen LogP contribution < -0.4 is 0 Å². The zero-order chi connectivity index (χ0) is 13.7. The molecule has 2 N–H and O–H groups in total. The van der Waals surface area contributed by atoms with Gasteiger partial charge in [-0.15, -0.1) is 0 Å². The molecule has 20 heavy (non-hydrogen) atoms. The summed E-state index contributed by atoms with van der Waals surface area (Å²) >= 11 is 0. The fourth-order valence-corrected chi connectivity index (χ4v) is 3.18. The minimum absolute atomic E-state index is 0.187. The van der Waals surface area contributed by atoms with Crippen LogP contribution in [0.2, 0.25) is 0 Å². The smallest absolute Gasteiger partial charge is 0.306 e. The number of hydrogen-bond donors (Lipinski definition) is 2. The third kappa shape index (κ3) is 1.54. The Bertz CT molecular complexity index is 816. The maximum absolute atomic E-state index is 11.0. The van der Waals surface area contributed by atoms with E-state index in [0.717, 1.165) is 29.3 Å². The number of nitrogens with zero attached hydrogens (tertiary/aromatic N) is 1. The first-order valence-corrected chi connectivity index (χ1v) is 6.81. The summed E-state index contributed by atoms with van der Waals surface area (Å²) in [5, 5.41) is 12.5. The van der Waals surface area contributed by atoms with Gasteiger partial charge in [-0.2, -0.15) is 0 Å². The van der Waals surface area contributed by atoms with Crippen molar-refractivity contribution in [3.05, 3.63) is 42.2 Å². The van der Waals surface area contributed by atoms with Crippen molar-refractivity contribution in [3.63, 3.8) is 0 Å². The van der Waals surface area contributed by atoms with Gasteiger partial charge >= 0.3 is 5.97 Å². The molecule has 100 valence electrons. The molecule has 0 unspecified atom stereocenters. The first kappa shape index (κ1) is 11.5. The van der Waals surface area contributed by atoms with Crippen LogP contribution in [0.4, 0.5) is 0 Å². The second-order valence-electron chi connectivity index (χ2n) is 5.52. The van der Waals surface area contributed by atoms with E-state index in [0.29, 0.717) is 5.92 Å². The SMILES string of the molecule is O=C(O)[C@H]1C[C@H](c2c[nH]c3ncc4ccccc4c32)C1. The number of aromatic nitrogens is 2. The van der Waals surface area contributed by atoms with E-state index < -0.39 is 5.97 Å². The van der Waals surface area contributed by atoms with E-state index in [-0.39, 0.29) is 5.92 Å². The Morgan fingerprint density at radius 2 is 2.10 bits per heavy atom. The lowest BCUT2D eigenvalue weighted by Gasteiger charge is -2.32. The van der Waals surface area contributed by atoms with Gasteiger partial charge in [0.05, 0.1) is 5.92 Å². The number of carboxylic acids is 1. The molecule has 1 aliphatic rings. The van der Waals surface area contributed by atoms with Crippen LogP contribution in [0, 0.1) is 5.92 Å². The van der Waals surface area contributed by atoms with Crippen LogP contribution >= 0.6 is 0 Å². The molecule has 0 spiro atoms. The fraction of sp³-hybridized carbons (Fsp3) is 0.250. The van der Waals surface area contributed by atoms with Gasteiger partial charge in [-0.3, -0.25) is 4.79 Å². The van der Waals surface area contributed by atoms with Crippen molar-refractivity contribution in [2.75, 3.05) is 0 Å². The lowest BCUT2D eigenvalue weighted by atomic mass is 9.71. The molecular formula is C16H14N2O2. The molecule has 0 radical (unpaired) electrons. The lowest BCUT2D eigenvalue weighted by Crippen LogP contribution is -2.28. The van der Waals surface area contributed by atoms with Gasteiger partial charge in [-0.05, 0) is 29.7 Å². The summed E-state index contributed by atoms with van der Waals surface area (Å²) in [6.45, 7) is 0. The number of nitrogens with one attached hydrogen (secondary N) is 1. The van der Waals surface area contributed by atoms with Gasteiger partial charge in [-0.1, -0.05) is 24.3 Å². The molecule has 0 bridgehead atoms. The third-order valence-corrected chi connectivity index (χ3v) is 4.38. The molecule has 0 aliphatic heterocycles. The molecular weight excluding hydrogens is 252 g/mol. The number of hydrogen-bond acceptors (Lipinski definition) is 2. The van der Waals surface area contributed by atoms with Crippen molar-refractivity contribution in [3.8, 4) is 0 Å². The number of aliphatic carboxylic acids is 1. The fourth-order valence-electron chi connectivity index (χ4n) is 3.18. The van der Waals surface area contributed by atoms with Gasteiger partial charge < -0.3 is 10.1 Å². The quantitative estimate of drug-likeness (QED) is 0.748. The van der Waals surface area contributed by atoms with Crippen LogP contribution in [0.5, 0.6) is 0 Å². The number of aromatic amines is 1. The summed E-state index contributed by atoms with van der Waals surface area (Å²) < 4.78 is 0. The van der Waals surface area contributed by atoms with Crippen molar-refractivity contribution in [1.29, 1.82) is 0 Å². The second kappa shape index (κ2) is 4.07. The summed E-state index contributed by atoms with van der Waals surface area (Å²) in [4.78, 5) is 18.6. The van der Waals surface area contributed by atoms with Gasteiger partial charge in [0.2, 0.25) is 0 Å². The minimum atomic E-state index is -0.677. The number of rotatable bonds is 2. The number of fused-ring (bicyclic) bond motifs is 3. The highest BCUT2D eigenvalue weighted by molar-refractivity contribution is 6.06. The molecule has 0 saturated heterocycles. The van der Waals surface area contributed by atoms with Crippen LogP contribution in [-0.4, -0.2) is 21.0 Å². The average molecular weight is 266 g/mol. The molecule has 3 aromatic rings. The van der Waals surface area contributed by atoms with E-state index in [1.165, 1.54) is 10.9 Å². The molecule has 2 heterocycles. The van der Waals surface area contributed by atoms with E-state index in [1.54, 1.807) is 0 Å². The highest BCUT2D eigenvalue weighted by Crippen LogP contribution is 2.45. The topological polar surface area (TPSA) is 66.0 Å². The molecule has 1 saturated carbocycles. The lowest BCUT2D eigenvalue weighted by molar-refractivity contribution is -0.145. The zero-order valence-electron chi connectivity index (χ0n) is 10.8. The Balaban J connectivity index is 1.85. The van der Waals surface area contributed by atoms with Gasteiger partial charge in [-0.25, -0.2) is 4.98 Å². The van der Waals surface area contributed by atoms with Crippen molar-refractivity contribution >= 4 is 27.8 Å². The number of benzene rings is 1. The first-order valence-electron chi connectivity index (χ1n) is 6.81. The van der Waals surface area contributed by atoms with Crippen molar-refractivity contribution in [1.82, 2.24) is 9.97 Å². The second-order valence-corrected chi connectivity index (χ2v) is 5.52. The minimum Gasteiger partial charge on any atom is -0.481 e. The normalized spacial score (nSPS) is 22.0. The van der Waals surface area contributed by atoms with E-state index in [1.807, 2.05) is 24.5 Å². The third-order valence-electron chi connectivity index (χ3n) is 4.38. The molecule has 1 fully saturated rings. The maximum Gasteiger partial charge on any atom is 0.306 e. The summed E-state index contributed by atoms with van der Waals surface area (Å²) in [5.74, 6) is -0.533. The maximum atomic E-state index is 11.0. The summed E-state index contributed by atoms with van der Waals surface area (Å²) in [6.07, 6.45) is 5.32. The van der Waals surface area contributed by atoms with Gasteiger partial charge in [0.15, 0.2) is 0 Å². The molecule has 4 heteroatoms. The number of pyridine rings is 1. The van der Waals surface area contributed by atoms with Gasteiger partial charge in [0.25, 0.3) is 0 Å². The standard InChI is InChI=1S/C16H14N2O2/c19-16(20)11-5-10(6-11)13-8-18-15-14(13)12-4-2-1-3-9(12)7-17-15/h1-4,7-8,10-11H,5-6H2,(H,17,18)(H,19,20)/t10-,11-. The van der Waals surface area contributed by atoms with Crippen LogP contribution in [0.15, 0.2) is 36.7 Å². The summed E-state index contributed by atoms with van der Waals surface area (Å²) in [6, 6.07) is 8.19. The van der Waals surface area contributed by atoms with Crippen LogP contribution in [-0.2, 0) is 4.79 Å². The predicted octanol–water partition coefficient (Wildman–Crippen LogP) is 3.29. The van der Waals surface area contributed by atoms with E-state index in [9.17, 15) is 4.79 Å². The Kier molecular flexibility index (Phi) is 2.33. The first-order chi connectivity index (χ1) is 9.74. The Morgan fingerprint density at radius 1 is 1.30 bits per heavy atom. The molecule has 1 aliphatic carbocycles. The molecule has 2 aromatic heterocycles. The Hall–Kier alpha value is -2.36. The van der Waals surface area contributed by atoms with Crippen molar-refractivity contribution in [2.24, 2.45) is 5.92 Å². The highest BCUT2D eigenvalue weighted by atomic mass is 16.4. The van der Waals surface area contributed by atoms with E-state index >= 15 is 0 Å². The average Bonchev–Trinajstić information content (AvgIpc) is 2.81. The monoisotopic (exact) mass is 266 g/mol. The zero-order valence-corrected chi connectivity index (χ0v) is 10.8. The van der Waals surface area contributed by atoms with Crippen molar-refractivity contribution < 1.29 is 9.90 Å². The molecule has 4 rings (SSSR count). The van der Waals surface area contributed by atoms with Crippen LogP contribution in [0.25, 0.3) is 21.8 Å². The molecule has 1 aromatic carbocycles. The van der Waals surface area contributed by atoms with Gasteiger partial charge in [0, 0.05) is 23.2 Å². The van der Waals surface area contributed by atoms with Crippen molar-refractivity contribution in [2.45, 2.75) is 18.8 Å². The molecule has 0 atom stereocenters. The van der Waals surface area contributed by atoms with Crippen LogP contribution in [0.1, 0.15) is 24.3 Å². The summed E-state index contributed by atoms with van der Waals surface area (Å²) in [7, 11) is 0. The van der Waals surface area contributed by atoms with Gasteiger partial charge in [0.1, 0.15) is 5.65 Å². The Labute approximate surface area is 115 Å². The summed E-state index contributed by atoms with van der Waals surface area (Å²) in [5.41, 5.74) is 2.10.